The Morgan fingerprint density at radius 1 is 1.62 bits per heavy atom. The van der Waals surface area contributed by atoms with Crippen LogP contribution in [0.4, 0.5) is 0 Å². The van der Waals surface area contributed by atoms with Gasteiger partial charge in [-0.05, 0) is 0 Å². The monoisotopic (exact) mass is 200 g/mol. The van der Waals surface area contributed by atoms with E-state index in [0.29, 0.717) is 0 Å². The summed E-state index contributed by atoms with van der Waals surface area (Å²) in [6, 6.07) is 0. The molecule has 1 aromatic rings. The Bertz CT molecular complexity index is 446. The molecular weight excluding hydrogens is 192 g/mol. The van der Waals surface area contributed by atoms with Crippen molar-refractivity contribution in [2.24, 2.45) is 0 Å². The zero-order valence-electron chi connectivity index (χ0n) is 6.90. The van der Waals surface area contributed by atoms with Gasteiger partial charge in [-0.15, -0.1) is 0 Å². The third-order valence-corrected chi connectivity index (χ3v) is 1.87. The van der Waals surface area contributed by atoms with E-state index in [1.165, 1.54) is 13.1 Å². The van der Waals surface area contributed by atoms with Crippen molar-refractivity contribution in [2.45, 2.75) is 12.7 Å². The van der Waals surface area contributed by atoms with Crippen LogP contribution in [0, 0.1) is 0 Å². The van der Waals surface area contributed by atoms with Gasteiger partial charge in [0, 0.05) is 24.4 Å². The molecule has 0 spiro atoms. The molecule has 0 atom stereocenters. The summed E-state index contributed by atoms with van der Waals surface area (Å²) in [4.78, 5) is 34.9. The molecule has 0 aromatic carbocycles. The fourth-order valence-corrected chi connectivity index (χ4v) is 1.08. The number of aromatic amines is 1. The minimum Gasteiger partial charge on any atom is -0.274 e. The van der Waals surface area contributed by atoms with E-state index in [0.717, 1.165) is 4.57 Å². The van der Waals surface area contributed by atoms with Crippen LogP contribution in [0.15, 0.2) is 15.8 Å². The topological polar surface area (TPSA) is 71.9 Å². The van der Waals surface area contributed by atoms with Crippen LogP contribution < -0.4 is 11.2 Å². The molecule has 0 saturated heterocycles. The van der Waals surface area contributed by atoms with Gasteiger partial charge in [0.1, 0.15) is 0 Å². The second kappa shape index (κ2) is 3.61. The predicted molar refractivity (Wildman–Crippen MR) is 50.3 cm³/mol. The Morgan fingerprint density at radius 3 is 2.69 bits per heavy atom. The van der Waals surface area contributed by atoms with Gasteiger partial charge in [0.15, 0.2) is 0 Å². The molecule has 1 N–H and O–H groups in total. The normalized spacial score (nSPS) is 10.0. The first-order chi connectivity index (χ1) is 6.06. The smallest absolute Gasteiger partial charge is 0.274 e. The van der Waals surface area contributed by atoms with Crippen LogP contribution in [0.2, 0.25) is 0 Å². The molecule has 1 aromatic heterocycles. The number of hydrogen-bond acceptors (Lipinski definition) is 4. The molecule has 0 aliphatic rings. The van der Waals surface area contributed by atoms with E-state index in [1.54, 1.807) is 0 Å². The largest absolute Gasteiger partial charge is 0.335 e. The highest BCUT2D eigenvalue weighted by molar-refractivity contribution is 7.79. The van der Waals surface area contributed by atoms with Gasteiger partial charge >= 0.3 is 5.69 Å². The summed E-state index contributed by atoms with van der Waals surface area (Å²) < 4.78 is 0.840. The highest BCUT2D eigenvalue weighted by atomic mass is 32.1. The van der Waals surface area contributed by atoms with Crippen LogP contribution in [-0.2, 0) is 5.75 Å². The van der Waals surface area contributed by atoms with Gasteiger partial charge in [0.2, 0.25) is 5.91 Å². The van der Waals surface area contributed by atoms with Crippen molar-refractivity contribution >= 4 is 18.5 Å². The highest BCUT2D eigenvalue weighted by Gasteiger charge is 2.05. The predicted octanol–water partition coefficient (Wildman–Crippen LogP) is -0.374. The van der Waals surface area contributed by atoms with E-state index >= 15 is 0 Å². The zero-order chi connectivity index (χ0) is 10.0. The van der Waals surface area contributed by atoms with Gasteiger partial charge in [-0.1, -0.05) is 0 Å². The minimum absolute atomic E-state index is 0.183. The lowest BCUT2D eigenvalue weighted by Crippen LogP contribution is -2.33. The molecule has 6 heteroatoms. The van der Waals surface area contributed by atoms with Crippen LogP contribution in [0.1, 0.15) is 17.3 Å². The lowest BCUT2D eigenvalue weighted by Gasteiger charge is -2.00. The fourth-order valence-electron chi connectivity index (χ4n) is 0.857. The van der Waals surface area contributed by atoms with Crippen LogP contribution in [-0.4, -0.2) is 15.5 Å². The number of carbonyl (C=O) groups is 1. The molecule has 0 fully saturated rings. The standard InChI is InChI=1S/C7H8N2O3S/c1-4(10)9-2-5(3-13)6(11)8-7(9)12/h2,13H,3H2,1H3,(H,8,11,12). The second-order valence-electron chi connectivity index (χ2n) is 2.46. The maximum atomic E-state index is 11.0. The van der Waals surface area contributed by atoms with E-state index in [1.807, 2.05) is 4.98 Å². The molecule has 1 heterocycles. The molecule has 0 unspecified atom stereocenters. The van der Waals surface area contributed by atoms with Crippen LogP contribution >= 0.6 is 12.6 Å². The van der Waals surface area contributed by atoms with E-state index in [4.69, 9.17) is 0 Å². The third kappa shape index (κ3) is 1.89. The van der Waals surface area contributed by atoms with Crippen molar-refractivity contribution in [3.63, 3.8) is 0 Å². The van der Waals surface area contributed by atoms with Gasteiger partial charge in [-0.3, -0.25) is 14.6 Å². The molecular formula is C7H8N2O3S. The Balaban J connectivity index is 3.48. The molecule has 1 rings (SSSR count). The number of rotatable bonds is 1. The number of thiol groups is 1. The summed E-state index contributed by atoms with van der Waals surface area (Å²) in [5.41, 5.74) is -0.932. The van der Waals surface area contributed by atoms with Gasteiger partial charge in [-0.25, -0.2) is 9.36 Å². The van der Waals surface area contributed by atoms with Crippen molar-refractivity contribution in [2.75, 3.05) is 0 Å². The van der Waals surface area contributed by atoms with Crippen LogP contribution in [0.25, 0.3) is 0 Å². The SMILES string of the molecule is CC(=O)n1cc(CS)c(=O)[nH]c1=O. The van der Waals surface area contributed by atoms with Crippen molar-refractivity contribution in [3.05, 3.63) is 32.6 Å². The summed E-state index contributed by atoms with van der Waals surface area (Å²) in [6.45, 7) is 1.24. The molecule has 0 aliphatic carbocycles. The Hall–Kier alpha value is -1.30. The van der Waals surface area contributed by atoms with Crippen molar-refractivity contribution in [1.82, 2.24) is 9.55 Å². The van der Waals surface area contributed by atoms with Crippen LogP contribution in [0.5, 0.6) is 0 Å². The average Bonchev–Trinajstić information content (AvgIpc) is 2.03. The van der Waals surface area contributed by atoms with E-state index in [9.17, 15) is 14.4 Å². The summed E-state index contributed by atoms with van der Waals surface area (Å²) >= 11 is 3.88. The summed E-state index contributed by atoms with van der Waals surface area (Å²) in [5.74, 6) is -0.257. The maximum Gasteiger partial charge on any atom is 0.335 e. The lowest BCUT2D eigenvalue weighted by molar-refractivity contribution is 0.0930. The van der Waals surface area contributed by atoms with Gasteiger partial charge in [-0.2, -0.15) is 12.6 Å². The molecule has 0 amide bonds. The number of nitrogens with one attached hydrogen (secondary N) is 1. The highest BCUT2D eigenvalue weighted by Crippen LogP contribution is 1.92. The lowest BCUT2D eigenvalue weighted by atomic mass is 10.4. The number of carbonyl (C=O) groups excluding carboxylic acids is 1. The first kappa shape index (κ1) is 9.79. The number of nitrogens with zero attached hydrogens (tertiary/aromatic N) is 1. The molecule has 0 radical (unpaired) electrons. The Labute approximate surface area is 78.8 Å². The Kier molecular flexibility index (Phi) is 2.72. The number of H-pyrrole nitrogens is 1. The minimum atomic E-state index is -0.719. The van der Waals surface area contributed by atoms with Crippen molar-refractivity contribution < 1.29 is 4.79 Å². The molecule has 5 nitrogen and oxygen atoms in total. The van der Waals surface area contributed by atoms with Crippen LogP contribution in [0.3, 0.4) is 0 Å². The van der Waals surface area contributed by atoms with Gasteiger partial charge < -0.3 is 0 Å². The van der Waals surface area contributed by atoms with Crippen molar-refractivity contribution in [1.29, 1.82) is 0 Å². The van der Waals surface area contributed by atoms with Gasteiger partial charge in [0.05, 0.1) is 0 Å². The average molecular weight is 200 g/mol. The second-order valence-corrected chi connectivity index (χ2v) is 2.78. The number of aromatic nitrogens is 2. The first-order valence-corrected chi connectivity index (χ1v) is 4.16. The molecule has 0 aliphatic heterocycles. The third-order valence-electron chi connectivity index (χ3n) is 1.53. The summed E-state index contributed by atoms with van der Waals surface area (Å²) in [7, 11) is 0. The first-order valence-electron chi connectivity index (χ1n) is 3.53. The molecule has 0 saturated carbocycles. The maximum absolute atomic E-state index is 11.0. The number of hydrogen-bond donors (Lipinski definition) is 2. The molecule has 0 bridgehead atoms. The summed E-state index contributed by atoms with van der Waals surface area (Å²) in [5, 5.41) is 0. The Morgan fingerprint density at radius 2 is 2.23 bits per heavy atom. The van der Waals surface area contributed by atoms with E-state index in [2.05, 4.69) is 12.6 Å². The van der Waals surface area contributed by atoms with E-state index < -0.39 is 17.2 Å². The fraction of sp³-hybridized carbons (Fsp3) is 0.286. The molecule has 13 heavy (non-hydrogen) atoms. The van der Waals surface area contributed by atoms with E-state index in [-0.39, 0.29) is 11.3 Å². The van der Waals surface area contributed by atoms with Gasteiger partial charge in [0.25, 0.3) is 5.56 Å². The zero-order valence-corrected chi connectivity index (χ0v) is 7.80. The molecule has 70 valence electrons. The quantitative estimate of drug-likeness (QED) is 0.607. The summed E-state index contributed by atoms with van der Waals surface area (Å²) in [6.07, 6.45) is 1.20. The van der Waals surface area contributed by atoms with Crippen molar-refractivity contribution in [3.8, 4) is 0 Å².